The molecule has 0 aliphatic heterocycles. The summed E-state index contributed by atoms with van der Waals surface area (Å²) in [6.07, 6.45) is 6.54. The van der Waals surface area contributed by atoms with Crippen LogP contribution in [-0.2, 0) is 13.0 Å². The molecule has 0 bridgehead atoms. The molecular formula is C16H21N3O. The van der Waals surface area contributed by atoms with Gasteiger partial charge in [-0.3, -0.25) is 4.98 Å². The summed E-state index contributed by atoms with van der Waals surface area (Å²) in [6, 6.07) is 8.06. The van der Waals surface area contributed by atoms with E-state index in [2.05, 4.69) is 15.3 Å². The average Bonchev–Trinajstić information content (AvgIpc) is 2.46. The molecule has 0 radical (unpaired) electrons. The van der Waals surface area contributed by atoms with Gasteiger partial charge in [0.1, 0.15) is 0 Å². The molecule has 106 valence electrons. The Morgan fingerprint density at radius 1 is 1.15 bits per heavy atom. The van der Waals surface area contributed by atoms with Crippen molar-refractivity contribution in [1.82, 2.24) is 15.3 Å². The third kappa shape index (κ3) is 4.63. The Kier molecular flexibility index (Phi) is 5.50. The van der Waals surface area contributed by atoms with Crippen LogP contribution in [0.25, 0.3) is 0 Å². The Morgan fingerprint density at radius 2 is 1.95 bits per heavy atom. The van der Waals surface area contributed by atoms with Gasteiger partial charge in [0.15, 0.2) is 0 Å². The van der Waals surface area contributed by atoms with Crippen molar-refractivity contribution < 1.29 is 4.74 Å². The van der Waals surface area contributed by atoms with Gasteiger partial charge in [0.25, 0.3) is 0 Å². The van der Waals surface area contributed by atoms with E-state index in [4.69, 9.17) is 4.74 Å². The van der Waals surface area contributed by atoms with Crippen molar-refractivity contribution in [3.63, 3.8) is 0 Å². The van der Waals surface area contributed by atoms with E-state index in [1.807, 2.05) is 50.5 Å². The lowest BCUT2D eigenvalue weighted by atomic mass is 10.2. The molecule has 0 amide bonds. The number of hydrogen-bond acceptors (Lipinski definition) is 4. The van der Waals surface area contributed by atoms with Crippen molar-refractivity contribution in [3.05, 3.63) is 54.0 Å². The molecule has 0 atom stereocenters. The highest BCUT2D eigenvalue weighted by atomic mass is 16.5. The minimum Gasteiger partial charge on any atom is -0.475 e. The standard InChI is InChI=1S/C16H21N3O/c1-13(2)20-16-15(4-3-8-19-16)12-18-11-7-14-5-9-17-10-6-14/h3-6,8-10,13,18H,7,11-12H2,1-2H3. The Hall–Kier alpha value is -1.94. The lowest BCUT2D eigenvalue weighted by molar-refractivity contribution is 0.229. The van der Waals surface area contributed by atoms with E-state index in [1.54, 1.807) is 6.20 Å². The van der Waals surface area contributed by atoms with Crippen LogP contribution < -0.4 is 10.1 Å². The highest BCUT2D eigenvalue weighted by molar-refractivity contribution is 5.25. The quantitative estimate of drug-likeness (QED) is 0.786. The molecule has 2 rings (SSSR count). The van der Waals surface area contributed by atoms with Crippen LogP contribution in [-0.4, -0.2) is 22.6 Å². The first-order valence-electron chi connectivity index (χ1n) is 6.96. The van der Waals surface area contributed by atoms with Gasteiger partial charge in [-0.05, 0) is 50.6 Å². The van der Waals surface area contributed by atoms with Crippen molar-refractivity contribution in [2.75, 3.05) is 6.54 Å². The van der Waals surface area contributed by atoms with Crippen LogP contribution in [0.5, 0.6) is 5.88 Å². The Bertz CT molecular complexity index is 514. The topological polar surface area (TPSA) is 47.0 Å². The molecule has 0 aromatic carbocycles. The number of ether oxygens (including phenoxy) is 1. The van der Waals surface area contributed by atoms with Gasteiger partial charge < -0.3 is 10.1 Å². The average molecular weight is 271 g/mol. The van der Waals surface area contributed by atoms with Crippen LogP contribution in [0.2, 0.25) is 0 Å². The molecule has 2 aromatic heterocycles. The molecule has 0 saturated heterocycles. The third-order valence-corrected chi connectivity index (χ3v) is 2.85. The molecule has 0 saturated carbocycles. The van der Waals surface area contributed by atoms with Crippen LogP contribution in [0.15, 0.2) is 42.9 Å². The maximum Gasteiger partial charge on any atom is 0.218 e. The Labute approximate surface area is 120 Å². The number of hydrogen-bond donors (Lipinski definition) is 1. The van der Waals surface area contributed by atoms with Gasteiger partial charge in [0, 0.05) is 30.7 Å². The number of rotatable bonds is 7. The van der Waals surface area contributed by atoms with Crippen LogP contribution in [0.4, 0.5) is 0 Å². The summed E-state index contributed by atoms with van der Waals surface area (Å²) in [5.74, 6) is 0.721. The summed E-state index contributed by atoms with van der Waals surface area (Å²) in [5, 5.41) is 3.42. The van der Waals surface area contributed by atoms with Crippen LogP contribution >= 0.6 is 0 Å². The molecule has 2 heterocycles. The number of nitrogens with zero attached hydrogens (tertiary/aromatic N) is 2. The minimum absolute atomic E-state index is 0.139. The van der Waals surface area contributed by atoms with E-state index >= 15 is 0 Å². The van der Waals surface area contributed by atoms with Crippen LogP contribution in [0.3, 0.4) is 0 Å². The molecule has 0 spiro atoms. The Balaban J connectivity index is 1.82. The van der Waals surface area contributed by atoms with Crippen molar-refractivity contribution in [1.29, 1.82) is 0 Å². The van der Waals surface area contributed by atoms with Crippen molar-refractivity contribution in [2.24, 2.45) is 0 Å². The van der Waals surface area contributed by atoms with Crippen LogP contribution in [0.1, 0.15) is 25.0 Å². The van der Waals surface area contributed by atoms with Crippen molar-refractivity contribution >= 4 is 0 Å². The van der Waals surface area contributed by atoms with Gasteiger partial charge in [-0.25, -0.2) is 4.98 Å². The summed E-state index contributed by atoms with van der Waals surface area (Å²) < 4.78 is 5.70. The summed E-state index contributed by atoms with van der Waals surface area (Å²) in [5.41, 5.74) is 2.38. The molecule has 20 heavy (non-hydrogen) atoms. The fourth-order valence-corrected chi connectivity index (χ4v) is 1.89. The molecule has 1 N–H and O–H groups in total. The maximum absolute atomic E-state index is 5.70. The molecule has 0 unspecified atom stereocenters. The predicted octanol–water partition coefficient (Wildman–Crippen LogP) is 2.60. The number of pyridine rings is 2. The van der Waals surface area contributed by atoms with Crippen molar-refractivity contribution in [2.45, 2.75) is 32.9 Å². The molecule has 4 nitrogen and oxygen atoms in total. The maximum atomic E-state index is 5.70. The van der Waals surface area contributed by atoms with Crippen molar-refractivity contribution in [3.8, 4) is 5.88 Å². The van der Waals surface area contributed by atoms with Crippen LogP contribution in [0, 0.1) is 0 Å². The monoisotopic (exact) mass is 271 g/mol. The number of nitrogens with one attached hydrogen (secondary N) is 1. The first-order chi connectivity index (χ1) is 9.75. The summed E-state index contributed by atoms with van der Waals surface area (Å²) >= 11 is 0. The molecule has 4 heteroatoms. The molecule has 0 aliphatic carbocycles. The second-order valence-corrected chi connectivity index (χ2v) is 4.92. The zero-order chi connectivity index (χ0) is 14.2. The molecule has 0 aliphatic rings. The van der Waals surface area contributed by atoms with Gasteiger partial charge in [0.05, 0.1) is 6.10 Å². The Morgan fingerprint density at radius 3 is 2.70 bits per heavy atom. The molecule has 2 aromatic rings. The molecular weight excluding hydrogens is 250 g/mol. The lowest BCUT2D eigenvalue weighted by Gasteiger charge is -2.13. The van der Waals surface area contributed by atoms with Gasteiger partial charge in [-0.15, -0.1) is 0 Å². The minimum atomic E-state index is 0.139. The van der Waals surface area contributed by atoms with Gasteiger partial charge in [-0.1, -0.05) is 6.07 Å². The third-order valence-electron chi connectivity index (χ3n) is 2.85. The molecule has 0 fully saturated rings. The second kappa shape index (κ2) is 7.60. The van der Waals surface area contributed by atoms with E-state index < -0.39 is 0 Å². The fraction of sp³-hybridized carbons (Fsp3) is 0.375. The van der Waals surface area contributed by atoms with E-state index in [1.165, 1.54) is 5.56 Å². The van der Waals surface area contributed by atoms with Gasteiger partial charge >= 0.3 is 0 Å². The van der Waals surface area contributed by atoms with E-state index in [0.29, 0.717) is 0 Å². The summed E-state index contributed by atoms with van der Waals surface area (Å²) in [4.78, 5) is 8.30. The smallest absolute Gasteiger partial charge is 0.218 e. The first kappa shape index (κ1) is 14.5. The summed E-state index contributed by atoms with van der Waals surface area (Å²) in [7, 11) is 0. The lowest BCUT2D eigenvalue weighted by Crippen LogP contribution is -2.18. The van der Waals surface area contributed by atoms with E-state index in [-0.39, 0.29) is 6.10 Å². The SMILES string of the molecule is CC(C)Oc1ncccc1CNCCc1ccncc1. The zero-order valence-corrected chi connectivity index (χ0v) is 12.0. The predicted molar refractivity (Wildman–Crippen MR) is 79.6 cm³/mol. The first-order valence-corrected chi connectivity index (χ1v) is 6.96. The van der Waals surface area contributed by atoms with E-state index in [9.17, 15) is 0 Å². The highest BCUT2D eigenvalue weighted by Gasteiger charge is 2.05. The second-order valence-electron chi connectivity index (χ2n) is 4.92. The highest BCUT2D eigenvalue weighted by Crippen LogP contribution is 2.15. The fourth-order valence-electron chi connectivity index (χ4n) is 1.89. The van der Waals surface area contributed by atoms with E-state index in [0.717, 1.165) is 31.0 Å². The van der Waals surface area contributed by atoms with Gasteiger partial charge in [0.2, 0.25) is 5.88 Å². The normalized spacial score (nSPS) is 10.8. The largest absolute Gasteiger partial charge is 0.475 e. The number of aromatic nitrogens is 2. The van der Waals surface area contributed by atoms with Gasteiger partial charge in [-0.2, -0.15) is 0 Å². The zero-order valence-electron chi connectivity index (χ0n) is 12.0. The summed E-state index contributed by atoms with van der Waals surface area (Å²) in [6.45, 7) is 5.70.